The van der Waals surface area contributed by atoms with Crippen molar-refractivity contribution in [2.75, 3.05) is 14.2 Å². The largest absolute Gasteiger partial charge is 0.497 e. The molecule has 2 rings (SSSR count). The van der Waals surface area contributed by atoms with Crippen molar-refractivity contribution in [3.05, 3.63) is 57.6 Å². The lowest BCUT2D eigenvalue weighted by Gasteiger charge is -2.07. The SMILES string of the molecule is COc1ccc(OC)c(/C=C/c2cc(Cl)cc(Cl)c2)c1. The molecule has 0 bridgehead atoms. The summed E-state index contributed by atoms with van der Waals surface area (Å²) in [6.07, 6.45) is 3.86. The minimum atomic E-state index is 0.606. The zero-order chi connectivity index (χ0) is 14.5. The van der Waals surface area contributed by atoms with Gasteiger partial charge < -0.3 is 9.47 Å². The van der Waals surface area contributed by atoms with E-state index in [0.717, 1.165) is 22.6 Å². The molecule has 2 nitrogen and oxygen atoms in total. The first-order valence-corrected chi connectivity index (χ1v) is 6.74. The average molecular weight is 309 g/mol. The van der Waals surface area contributed by atoms with Gasteiger partial charge in [-0.1, -0.05) is 35.4 Å². The van der Waals surface area contributed by atoms with Gasteiger partial charge in [0, 0.05) is 15.6 Å². The quantitative estimate of drug-likeness (QED) is 0.724. The van der Waals surface area contributed by atoms with Crippen molar-refractivity contribution in [3.63, 3.8) is 0 Å². The van der Waals surface area contributed by atoms with E-state index in [1.807, 2.05) is 42.5 Å². The topological polar surface area (TPSA) is 18.5 Å². The van der Waals surface area contributed by atoms with Gasteiger partial charge in [0.1, 0.15) is 11.5 Å². The molecule has 0 aromatic heterocycles. The summed E-state index contributed by atoms with van der Waals surface area (Å²) >= 11 is 12.0. The Morgan fingerprint density at radius 1 is 0.850 bits per heavy atom. The minimum Gasteiger partial charge on any atom is -0.497 e. The van der Waals surface area contributed by atoms with Gasteiger partial charge in [-0.05, 0) is 42.0 Å². The summed E-state index contributed by atoms with van der Waals surface area (Å²) in [5.41, 5.74) is 1.84. The highest BCUT2D eigenvalue weighted by Crippen LogP contribution is 2.27. The second-order valence-corrected chi connectivity index (χ2v) is 5.02. The number of methoxy groups -OCH3 is 2. The van der Waals surface area contributed by atoms with Crippen molar-refractivity contribution < 1.29 is 9.47 Å². The number of ether oxygens (including phenoxy) is 2. The Balaban J connectivity index is 2.34. The first-order chi connectivity index (χ1) is 9.62. The molecule has 0 radical (unpaired) electrons. The lowest BCUT2D eigenvalue weighted by Crippen LogP contribution is -1.89. The highest BCUT2D eigenvalue weighted by atomic mass is 35.5. The maximum atomic E-state index is 5.98. The van der Waals surface area contributed by atoms with E-state index < -0.39 is 0 Å². The van der Waals surface area contributed by atoms with Crippen LogP contribution in [0.4, 0.5) is 0 Å². The monoisotopic (exact) mass is 308 g/mol. The fourth-order valence-corrected chi connectivity index (χ4v) is 2.37. The maximum Gasteiger partial charge on any atom is 0.126 e. The molecule has 0 saturated heterocycles. The molecule has 4 heteroatoms. The second-order valence-electron chi connectivity index (χ2n) is 4.14. The second kappa shape index (κ2) is 6.69. The molecule has 0 amide bonds. The lowest BCUT2D eigenvalue weighted by atomic mass is 10.1. The van der Waals surface area contributed by atoms with E-state index in [-0.39, 0.29) is 0 Å². The third-order valence-electron chi connectivity index (χ3n) is 2.78. The van der Waals surface area contributed by atoms with Crippen LogP contribution in [-0.4, -0.2) is 14.2 Å². The van der Waals surface area contributed by atoms with E-state index in [4.69, 9.17) is 32.7 Å². The third kappa shape index (κ3) is 3.69. The first kappa shape index (κ1) is 14.8. The molecule has 2 aromatic rings. The molecule has 0 aliphatic carbocycles. The van der Waals surface area contributed by atoms with E-state index in [2.05, 4.69) is 0 Å². The Kier molecular flexibility index (Phi) is 4.94. The lowest BCUT2D eigenvalue weighted by molar-refractivity contribution is 0.402. The summed E-state index contributed by atoms with van der Waals surface area (Å²) in [6, 6.07) is 11.0. The van der Waals surface area contributed by atoms with Crippen LogP contribution in [-0.2, 0) is 0 Å². The smallest absolute Gasteiger partial charge is 0.126 e. The number of hydrogen-bond acceptors (Lipinski definition) is 2. The van der Waals surface area contributed by atoms with Gasteiger partial charge in [-0.3, -0.25) is 0 Å². The van der Waals surface area contributed by atoms with Crippen LogP contribution in [0.25, 0.3) is 12.2 Å². The summed E-state index contributed by atoms with van der Waals surface area (Å²) in [4.78, 5) is 0. The Bertz CT molecular complexity index is 616. The van der Waals surface area contributed by atoms with E-state index in [9.17, 15) is 0 Å². The van der Waals surface area contributed by atoms with E-state index >= 15 is 0 Å². The van der Waals surface area contributed by atoms with E-state index in [0.29, 0.717) is 10.0 Å². The summed E-state index contributed by atoms with van der Waals surface area (Å²) < 4.78 is 10.5. The standard InChI is InChI=1S/C16H14Cl2O2/c1-19-15-5-6-16(20-2)12(9-15)4-3-11-7-13(17)10-14(18)8-11/h3-10H,1-2H3/b4-3+. The van der Waals surface area contributed by atoms with E-state index in [1.54, 1.807) is 20.3 Å². The Labute approximate surface area is 128 Å². The van der Waals surface area contributed by atoms with E-state index in [1.165, 1.54) is 0 Å². The maximum absolute atomic E-state index is 5.98. The van der Waals surface area contributed by atoms with Crippen molar-refractivity contribution in [3.8, 4) is 11.5 Å². The van der Waals surface area contributed by atoms with Gasteiger partial charge in [0.2, 0.25) is 0 Å². The molecule has 104 valence electrons. The van der Waals surface area contributed by atoms with Crippen LogP contribution in [0.2, 0.25) is 10.0 Å². The molecule has 0 aliphatic heterocycles. The molecule has 0 N–H and O–H groups in total. The first-order valence-electron chi connectivity index (χ1n) is 5.98. The van der Waals surface area contributed by atoms with Crippen molar-refractivity contribution in [2.24, 2.45) is 0 Å². The molecule has 0 fully saturated rings. The summed E-state index contributed by atoms with van der Waals surface area (Å²) in [5.74, 6) is 1.55. The van der Waals surface area contributed by atoms with Crippen LogP contribution in [0.3, 0.4) is 0 Å². The molecule has 0 saturated carbocycles. The van der Waals surface area contributed by atoms with Gasteiger partial charge in [-0.2, -0.15) is 0 Å². The van der Waals surface area contributed by atoms with Crippen LogP contribution in [0.1, 0.15) is 11.1 Å². The van der Waals surface area contributed by atoms with Crippen molar-refractivity contribution in [1.29, 1.82) is 0 Å². The molecule has 2 aromatic carbocycles. The van der Waals surface area contributed by atoms with Gasteiger partial charge in [0.25, 0.3) is 0 Å². The number of benzene rings is 2. The number of halogens is 2. The predicted molar refractivity (Wildman–Crippen MR) is 84.9 cm³/mol. The summed E-state index contributed by atoms with van der Waals surface area (Å²) in [7, 11) is 3.27. The molecule has 0 spiro atoms. The highest BCUT2D eigenvalue weighted by Gasteiger charge is 2.02. The molecular formula is C16H14Cl2O2. The highest BCUT2D eigenvalue weighted by molar-refractivity contribution is 6.34. The summed E-state index contributed by atoms with van der Waals surface area (Å²) in [5, 5.41) is 1.21. The normalized spacial score (nSPS) is 10.8. The van der Waals surface area contributed by atoms with Gasteiger partial charge in [0.05, 0.1) is 14.2 Å². The number of rotatable bonds is 4. The number of hydrogen-bond donors (Lipinski definition) is 0. The average Bonchev–Trinajstić information content (AvgIpc) is 2.43. The molecule has 20 heavy (non-hydrogen) atoms. The molecular weight excluding hydrogens is 295 g/mol. The fourth-order valence-electron chi connectivity index (χ4n) is 1.83. The van der Waals surface area contributed by atoms with Crippen molar-refractivity contribution >= 4 is 35.4 Å². The van der Waals surface area contributed by atoms with Gasteiger partial charge in [-0.25, -0.2) is 0 Å². The zero-order valence-corrected chi connectivity index (χ0v) is 12.7. The molecule has 0 aliphatic rings. The van der Waals surface area contributed by atoms with Crippen molar-refractivity contribution in [2.45, 2.75) is 0 Å². The van der Waals surface area contributed by atoms with Gasteiger partial charge in [0.15, 0.2) is 0 Å². The predicted octanol–water partition coefficient (Wildman–Crippen LogP) is 5.18. The fraction of sp³-hybridized carbons (Fsp3) is 0.125. The zero-order valence-electron chi connectivity index (χ0n) is 11.2. The van der Waals surface area contributed by atoms with Crippen LogP contribution < -0.4 is 9.47 Å². The van der Waals surface area contributed by atoms with Gasteiger partial charge in [-0.15, -0.1) is 0 Å². The van der Waals surface area contributed by atoms with Crippen LogP contribution >= 0.6 is 23.2 Å². The Morgan fingerprint density at radius 3 is 2.15 bits per heavy atom. The summed E-state index contributed by atoms with van der Waals surface area (Å²) in [6.45, 7) is 0. The third-order valence-corrected chi connectivity index (χ3v) is 3.21. The molecule has 0 heterocycles. The van der Waals surface area contributed by atoms with Gasteiger partial charge >= 0.3 is 0 Å². The van der Waals surface area contributed by atoms with Crippen LogP contribution in [0, 0.1) is 0 Å². The molecule has 0 unspecified atom stereocenters. The minimum absolute atomic E-state index is 0.606. The van der Waals surface area contributed by atoms with Crippen LogP contribution in [0.15, 0.2) is 36.4 Å². The Morgan fingerprint density at radius 2 is 1.55 bits per heavy atom. The Hall–Kier alpha value is -1.64. The van der Waals surface area contributed by atoms with Crippen molar-refractivity contribution in [1.82, 2.24) is 0 Å². The molecule has 0 atom stereocenters. The van der Waals surface area contributed by atoms with Crippen LogP contribution in [0.5, 0.6) is 11.5 Å².